The van der Waals surface area contributed by atoms with E-state index in [0.29, 0.717) is 0 Å². The van der Waals surface area contributed by atoms with Gasteiger partial charge in [-0.1, -0.05) is 13.8 Å². The minimum atomic E-state index is -0.0705. The molecule has 14 heavy (non-hydrogen) atoms. The molecule has 0 radical (unpaired) electrons. The molecule has 1 aliphatic rings. The first-order valence-electron chi connectivity index (χ1n) is 5.66. The maximum absolute atomic E-state index is 9.48. The largest absolute Gasteiger partial charge is 0.392 e. The molecule has 1 aliphatic heterocycles. The first kappa shape index (κ1) is 12.3. The Labute approximate surface area is 92.1 Å². The topological polar surface area (TPSA) is 23.5 Å². The van der Waals surface area contributed by atoms with Gasteiger partial charge in [-0.2, -0.15) is 11.8 Å². The molecule has 2 nitrogen and oxygen atoms in total. The highest BCUT2D eigenvalue weighted by molar-refractivity contribution is 7.99. The third-order valence-electron chi connectivity index (χ3n) is 2.48. The molecular weight excluding hydrogens is 194 g/mol. The third kappa shape index (κ3) is 5.23. The Morgan fingerprint density at radius 2 is 2.29 bits per heavy atom. The second kappa shape index (κ2) is 6.70. The highest BCUT2D eigenvalue weighted by atomic mass is 32.2. The lowest BCUT2D eigenvalue weighted by molar-refractivity contribution is 0.0743. The Kier molecular flexibility index (Phi) is 5.90. The summed E-state index contributed by atoms with van der Waals surface area (Å²) >= 11 is 2.03. The van der Waals surface area contributed by atoms with Crippen LogP contribution in [0.5, 0.6) is 0 Å². The van der Waals surface area contributed by atoms with Gasteiger partial charge in [0.1, 0.15) is 0 Å². The maximum atomic E-state index is 9.48. The number of aliphatic hydroxyl groups excluding tert-OH is 1. The third-order valence-corrected chi connectivity index (χ3v) is 3.86. The Balaban J connectivity index is 2.00. The standard InChI is InChI=1S/C11H23NOS/c1-10(2)9-14-7-6-12-5-3-4-11(13)8-12/h10-11,13H,3-9H2,1-2H3. The number of nitrogens with zero attached hydrogens (tertiary/aromatic N) is 1. The van der Waals surface area contributed by atoms with Crippen LogP contribution in [-0.2, 0) is 0 Å². The molecule has 0 aromatic heterocycles. The molecule has 1 fully saturated rings. The average Bonchev–Trinajstić information content (AvgIpc) is 2.12. The molecule has 1 atom stereocenters. The van der Waals surface area contributed by atoms with Crippen LogP contribution in [0.15, 0.2) is 0 Å². The number of β-amino-alcohol motifs (C(OH)–C–C–N with tert-alkyl or cyclic N) is 1. The van der Waals surface area contributed by atoms with E-state index in [1.54, 1.807) is 0 Å². The highest BCUT2D eigenvalue weighted by Crippen LogP contribution is 2.12. The number of thioether (sulfide) groups is 1. The molecule has 1 heterocycles. The van der Waals surface area contributed by atoms with Crippen molar-refractivity contribution in [3.05, 3.63) is 0 Å². The molecule has 1 saturated heterocycles. The van der Waals surface area contributed by atoms with Crippen molar-refractivity contribution in [3.63, 3.8) is 0 Å². The molecule has 84 valence electrons. The van der Waals surface area contributed by atoms with Gasteiger partial charge in [0.2, 0.25) is 0 Å². The normalized spacial score (nSPS) is 24.4. The Morgan fingerprint density at radius 1 is 1.50 bits per heavy atom. The van der Waals surface area contributed by atoms with Crippen molar-refractivity contribution in [3.8, 4) is 0 Å². The highest BCUT2D eigenvalue weighted by Gasteiger charge is 2.16. The predicted octanol–water partition coefficient (Wildman–Crippen LogP) is 1.83. The van der Waals surface area contributed by atoms with Crippen molar-refractivity contribution in [1.82, 2.24) is 4.90 Å². The number of rotatable bonds is 5. The van der Waals surface area contributed by atoms with E-state index in [9.17, 15) is 5.11 Å². The molecule has 3 heteroatoms. The van der Waals surface area contributed by atoms with E-state index >= 15 is 0 Å². The fraction of sp³-hybridized carbons (Fsp3) is 1.00. The minimum absolute atomic E-state index is 0.0705. The van der Waals surface area contributed by atoms with Gasteiger partial charge in [0, 0.05) is 18.8 Å². The molecule has 0 bridgehead atoms. The maximum Gasteiger partial charge on any atom is 0.0667 e. The summed E-state index contributed by atoms with van der Waals surface area (Å²) in [6.07, 6.45) is 2.09. The molecule has 0 aliphatic carbocycles. The van der Waals surface area contributed by atoms with Crippen LogP contribution in [0.25, 0.3) is 0 Å². The summed E-state index contributed by atoms with van der Waals surface area (Å²) in [5.41, 5.74) is 0. The van der Waals surface area contributed by atoms with Crippen LogP contribution in [0, 0.1) is 5.92 Å². The van der Waals surface area contributed by atoms with E-state index in [-0.39, 0.29) is 6.10 Å². The molecule has 1 N–H and O–H groups in total. The van der Waals surface area contributed by atoms with Gasteiger partial charge in [-0.3, -0.25) is 4.90 Å². The first-order chi connectivity index (χ1) is 6.68. The number of aliphatic hydroxyl groups is 1. The first-order valence-corrected chi connectivity index (χ1v) is 6.82. The SMILES string of the molecule is CC(C)CSCCN1CCCC(O)C1. The Hall–Kier alpha value is 0.270. The van der Waals surface area contributed by atoms with E-state index in [1.165, 1.54) is 18.1 Å². The lowest BCUT2D eigenvalue weighted by atomic mass is 10.1. The van der Waals surface area contributed by atoms with E-state index in [1.807, 2.05) is 11.8 Å². The van der Waals surface area contributed by atoms with Gasteiger partial charge in [0.15, 0.2) is 0 Å². The van der Waals surface area contributed by atoms with Crippen LogP contribution in [0.1, 0.15) is 26.7 Å². The van der Waals surface area contributed by atoms with Crippen molar-refractivity contribution in [1.29, 1.82) is 0 Å². The zero-order chi connectivity index (χ0) is 10.4. The number of likely N-dealkylation sites (tertiary alicyclic amines) is 1. The summed E-state index contributed by atoms with van der Waals surface area (Å²) < 4.78 is 0. The van der Waals surface area contributed by atoms with Gasteiger partial charge < -0.3 is 5.11 Å². The van der Waals surface area contributed by atoms with Crippen LogP contribution in [0.2, 0.25) is 0 Å². The Bertz CT molecular complexity index is 152. The van der Waals surface area contributed by atoms with Crippen LogP contribution >= 0.6 is 11.8 Å². The van der Waals surface area contributed by atoms with Crippen molar-refractivity contribution in [2.75, 3.05) is 31.1 Å². The van der Waals surface area contributed by atoms with E-state index in [4.69, 9.17) is 0 Å². The van der Waals surface area contributed by atoms with Gasteiger partial charge >= 0.3 is 0 Å². The molecular formula is C11H23NOS. The second-order valence-corrected chi connectivity index (χ2v) is 5.72. The van der Waals surface area contributed by atoms with Crippen LogP contribution < -0.4 is 0 Å². The van der Waals surface area contributed by atoms with Crippen molar-refractivity contribution >= 4 is 11.8 Å². The molecule has 1 unspecified atom stereocenters. The van der Waals surface area contributed by atoms with Gasteiger partial charge in [-0.25, -0.2) is 0 Å². The zero-order valence-electron chi connectivity index (χ0n) is 9.41. The quantitative estimate of drug-likeness (QED) is 0.711. The summed E-state index contributed by atoms with van der Waals surface area (Å²) in [4.78, 5) is 2.39. The molecule has 0 aromatic rings. The molecule has 0 amide bonds. The summed E-state index contributed by atoms with van der Waals surface area (Å²) in [7, 11) is 0. The fourth-order valence-corrected chi connectivity index (χ4v) is 2.77. The summed E-state index contributed by atoms with van der Waals surface area (Å²) in [6.45, 7) is 7.74. The monoisotopic (exact) mass is 217 g/mol. The summed E-state index contributed by atoms with van der Waals surface area (Å²) in [5.74, 6) is 3.27. The van der Waals surface area contributed by atoms with Gasteiger partial charge in [0.25, 0.3) is 0 Å². The van der Waals surface area contributed by atoms with E-state index in [2.05, 4.69) is 18.7 Å². The zero-order valence-corrected chi connectivity index (χ0v) is 10.2. The molecule has 0 aromatic carbocycles. The lowest BCUT2D eigenvalue weighted by Crippen LogP contribution is -2.39. The minimum Gasteiger partial charge on any atom is -0.392 e. The predicted molar refractivity (Wildman–Crippen MR) is 63.8 cm³/mol. The van der Waals surface area contributed by atoms with Gasteiger partial charge in [-0.05, 0) is 31.1 Å². The molecule has 0 spiro atoms. The van der Waals surface area contributed by atoms with Crippen LogP contribution in [0.4, 0.5) is 0 Å². The van der Waals surface area contributed by atoms with Gasteiger partial charge in [-0.15, -0.1) is 0 Å². The molecule has 1 rings (SSSR count). The van der Waals surface area contributed by atoms with E-state index < -0.39 is 0 Å². The second-order valence-electron chi connectivity index (χ2n) is 4.57. The van der Waals surface area contributed by atoms with Crippen LogP contribution in [-0.4, -0.2) is 47.3 Å². The molecule has 0 saturated carbocycles. The Morgan fingerprint density at radius 3 is 2.93 bits per heavy atom. The number of piperidine rings is 1. The van der Waals surface area contributed by atoms with Crippen LogP contribution in [0.3, 0.4) is 0 Å². The number of hydrogen-bond acceptors (Lipinski definition) is 3. The van der Waals surface area contributed by atoms with E-state index in [0.717, 1.165) is 31.8 Å². The fourth-order valence-electron chi connectivity index (χ4n) is 1.75. The van der Waals surface area contributed by atoms with Crippen molar-refractivity contribution < 1.29 is 5.11 Å². The summed E-state index contributed by atoms with van der Waals surface area (Å²) in [5, 5.41) is 9.48. The lowest BCUT2D eigenvalue weighted by Gasteiger charge is -2.29. The summed E-state index contributed by atoms with van der Waals surface area (Å²) in [6, 6.07) is 0. The van der Waals surface area contributed by atoms with Crippen molar-refractivity contribution in [2.24, 2.45) is 5.92 Å². The van der Waals surface area contributed by atoms with Gasteiger partial charge in [0.05, 0.1) is 6.10 Å². The van der Waals surface area contributed by atoms with Crippen molar-refractivity contribution in [2.45, 2.75) is 32.8 Å². The number of hydrogen-bond donors (Lipinski definition) is 1. The smallest absolute Gasteiger partial charge is 0.0667 e. The average molecular weight is 217 g/mol.